The topological polar surface area (TPSA) is 113 Å². The minimum absolute atomic E-state index is 0.000725. The number of primary sulfonamides is 1. The number of aryl methyl sites for hydroxylation is 1. The number of rotatable bonds is 6. The smallest absolute Gasteiger partial charge is 0.348 e. The molecule has 0 radical (unpaired) electrons. The minimum Gasteiger partial charge on any atom is -0.462 e. The van der Waals surface area contributed by atoms with Gasteiger partial charge in [-0.15, -0.1) is 11.3 Å². The molecule has 0 aliphatic rings. The zero-order chi connectivity index (χ0) is 22.1. The lowest BCUT2D eigenvalue weighted by Crippen LogP contribution is -2.15. The molecule has 0 spiro atoms. The molecule has 0 saturated carbocycles. The van der Waals surface area contributed by atoms with E-state index >= 15 is 0 Å². The number of thiophene rings is 1. The number of benzene rings is 2. The number of sulfonamides is 1. The van der Waals surface area contributed by atoms with Gasteiger partial charge < -0.3 is 9.47 Å². The predicted octanol–water partition coefficient (Wildman–Crippen LogP) is 3.53. The molecule has 10 heteroatoms. The van der Waals surface area contributed by atoms with E-state index in [4.69, 9.17) is 14.6 Å². The van der Waals surface area contributed by atoms with E-state index in [2.05, 4.69) is 0 Å². The van der Waals surface area contributed by atoms with Crippen LogP contribution in [0, 0.1) is 12.7 Å². The summed E-state index contributed by atoms with van der Waals surface area (Å²) in [5.74, 6) is -2.03. The van der Waals surface area contributed by atoms with Crippen molar-refractivity contribution in [1.29, 1.82) is 0 Å². The fourth-order valence-electron chi connectivity index (χ4n) is 2.88. The Kier molecular flexibility index (Phi) is 6.20. The molecule has 30 heavy (non-hydrogen) atoms. The highest BCUT2D eigenvalue weighted by atomic mass is 32.2. The molecule has 0 unspecified atom stereocenters. The average molecular weight is 451 g/mol. The van der Waals surface area contributed by atoms with Gasteiger partial charge in [0.05, 0.1) is 17.1 Å². The number of nitrogens with two attached hydrogens (primary N) is 1. The molecule has 1 aromatic heterocycles. The first-order chi connectivity index (χ1) is 14.1. The maximum Gasteiger partial charge on any atom is 0.348 e. The van der Waals surface area contributed by atoms with E-state index < -0.39 is 34.4 Å². The van der Waals surface area contributed by atoms with Crippen LogP contribution in [0.1, 0.15) is 38.1 Å². The first-order valence-electron chi connectivity index (χ1n) is 8.81. The molecular weight excluding hydrogens is 433 g/mol. The van der Waals surface area contributed by atoms with Crippen LogP contribution in [0.3, 0.4) is 0 Å². The van der Waals surface area contributed by atoms with Crippen molar-refractivity contribution in [3.63, 3.8) is 0 Å². The Morgan fingerprint density at radius 1 is 1.13 bits per heavy atom. The van der Waals surface area contributed by atoms with Gasteiger partial charge in [-0.2, -0.15) is 0 Å². The third kappa shape index (κ3) is 4.35. The van der Waals surface area contributed by atoms with Crippen LogP contribution in [-0.4, -0.2) is 27.0 Å². The van der Waals surface area contributed by atoms with Gasteiger partial charge >= 0.3 is 11.9 Å². The van der Waals surface area contributed by atoms with E-state index in [-0.39, 0.29) is 32.9 Å². The third-order valence-corrected chi connectivity index (χ3v) is 6.42. The van der Waals surface area contributed by atoms with Crippen LogP contribution in [0.4, 0.5) is 4.39 Å². The largest absolute Gasteiger partial charge is 0.462 e. The quantitative estimate of drug-likeness (QED) is 0.574. The van der Waals surface area contributed by atoms with Gasteiger partial charge in [0, 0.05) is 15.6 Å². The average Bonchev–Trinajstić information content (AvgIpc) is 3.06. The molecule has 0 amide bonds. The van der Waals surface area contributed by atoms with Crippen LogP contribution in [-0.2, 0) is 26.1 Å². The molecule has 0 aliphatic heterocycles. The second kappa shape index (κ2) is 8.50. The number of hydrogen-bond donors (Lipinski definition) is 1. The van der Waals surface area contributed by atoms with Gasteiger partial charge in [0.15, 0.2) is 0 Å². The zero-order valence-corrected chi connectivity index (χ0v) is 17.7. The van der Waals surface area contributed by atoms with Crippen molar-refractivity contribution < 1.29 is 31.9 Å². The van der Waals surface area contributed by atoms with Gasteiger partial charge in [-0.3, -0.25) is 0 Å². The van der Waals surface area contributed by atoms with Crippen molar-refractivity contribution in [2.75, 3.05) is 6.61 Å². The molecule has 0 saturated heterocycles. The summed E-state index contributed by atoms with van der Waals surface area (Å²) in [5.41, 5.74) is 0.666. The molecule has 3 rings (SSSR count). The van der Waals surface area contributed by atoms with Gasteiger partial charge in [-0.25, -0.2) is 27.5 Å². The zero-order valence-electron chi connectivity index (χ0n) is 16.1. The van der Waals surface area contributed by atoms with E-state index in [1.165, 1.54) is 24.3 Å². The van der Waals surface area contributed by atoms with Crippen LogP contribution < -0.4 is 5.14 Å². The van der Waals surface area contributed by atoms with Crippen LogP contribution in [0.2, 0.25) is 0 Å². The van der Waals surface area contributed by atoms with Gasteiger partial charge in [-0.05, 0) is 43.7 Å². The number of esters is 2. The maximum absolute atomic E-state index is 14.4. The third-order valence-electron chi connectivity index (χ3n) is 4.33. The highest BCUT2D eigenvalue weighted by Crippen LogP contribution is 2.34. The molecule has 0 bridgehead atoms. The Morgan fingerprint density at radius 3 is 2.53 bits per heavy atom. The standard InChI is InChI=1S/C20H18FNO6S2/c1-3-27-20(24)18-14(17-15(21)5-4-6-16(17)29-18)10-28-19(23)13-9-12(30(22,25)26)8-7-11(13)2/h4-9H,3,10H2,1-2H3,(H2,22,25,26). The Bertz CT molecular complexity index is 1250. The highest BCUT2D eigenvalue weighted by molar-refractivity contribution is 7.89. The number of hydrogen-bond acceptors (Lipinski definition) is 7. The van der Waals surface area contributed by atoms with Crippen LogP contribution >= 0.6 is 11.3 Å². The molecule has 2 N–H and O–H groups in total. The first kappa shape index (κ1) is 21.9. The van der Waals surface area contributed by atoms with Gasteiger partial charge in [0.25, 0.3) is 0 Å². The summed E-state index contributed by atoms with van der Waals surface area (Å²) in [6.45, 7) is 2.99. The summed E-state index contributed by atoms with van der Waals surface area (Å²) >= 11 is 1.04. The van der Waals surface area contributed by atoms with Crippen molar-refractivity contribution in [1.82, 2.24) is 0 Å². The van der Waals surface area contributed by atoms with Crippen LogP contribution in [0.5, 0.6) is 0 Å². The summed E-state index contributed by atoms with van der Waals surface area (Å²) in [7, 11) is -4.01. The van der Waals surface area contributed by atoms with E-state index in [0.717, 1.165) is 17.4 Å². The summed E-state index contributed by atoms with van der Waals surface area (Å²) < 4.78 is 48.4. The van der Waals surface area contributed by atoms with Crippen molar-refractivity contribution in [2.45, 2.75) is 25.3 Å². The van der Waals surface area contributed by atoms with Crippen molar-refractivity contribution in [3.05, 3.63) is 63.8 Å². The van der Waals surface area contributed by atoms with Crippen LogP contribution in [0.25, 0.3) is 10.1 Å². The summed E-state index contributed by atoms with van der Waals surface area (Å²) in [6, 6.07) is 8.24. The fraction of sp³-hybridized carbons (Fsp3) is 0.200. The number of carbonyl (C=O) groups is 2. The summed E-state index contributed by atoms with van der Waals surface area (Å²) in [6.07, 6.45) is 0. The lowest BCUT2D eigenvalue weighted by Gasteiger charge is -2.10. The van der Waals surface area contributed by atoms with Gasteiger partial charge in [0.1, 0.15) is 17.3 Å². The molecule has 3 aromatic rings. The lowest BCUT2D eigenvalue weighted by atomic mass is 10.1. The van der Waals surface area contributed by atoms with E-state index in [0.29, 0.717) is 10.3 Å². The molecule has 1 heterocycles. The second-order valence-corrected chi connectivity index (χ2v) is 8.95. The summed E-state index contributed by atoms with van der Waals surface area (Å²) in [4.78, 5) is 24.8. The number of fused-ring (bicyclic) bond motifs is 1. The van der Waals surface area contributed by atoms with E-state index in [1.807, 2.05) is 0 Å². The monoisotopic (exact) mass is 451 g/mol. The maximum atomic E-state index is 14.4. The first-order valence-corrected chi connectivity index (χ1v) is 11.2. The van der Waals surface area contributed by atoms with Gasteiger partial charge in [-0.1, -0.05) is 12.1 Å². The SMILES string of the molecule is CCOC(=O)c1sc2cccc(F)c2c1COC(=O)c1cc(S(N)(=O)=O)ccc1C. The highest BCUT2D eigenvalue weighted by Gasteiger charge is 2.24. The molecule has 0 aliphatic carbocycles. The molecular formula is C20H18FNO6S2. The molecule has 158 valence electrons. The Labute approximate surface area is 176 Å². The Hall–Kier alpha value is -2.82. The molecule has 7 nitrogen and oxygen atoms in total. The van der Waals surface area contributed by atoms with E-state index in [9.17, 15) is 22.4 Å². The van der Waals surface area contributed by atoms with E-state index in [1.54, 1.807) is 19.9 Å². The normalized spacial score (nSPS) is 11.5. The van der Waals surface area contributed by atoms with Crippen molar-refractivity contribution in [2.24, 2.45) is 5.14 Å². The molecule has 0 atom stereocenters. The van der Waals surface area contributed by atoms with Crippen molar-refractivity contribution in [3.8, 4) is 0 Å². The van der Waals surface area contributed by atoms with Crippen LogP contribution in [0.15, 0.2) is 41.3 Å². The predicted molar refractivity (Wildman–Crippen MR) is 109 cm³/mol. The van der Waals surface area contributed by atoms with Gasteiger partial charge in [0.2, 0.25) is 10.0 Å². The lowest BCUT2D eigenvalue weighted by molar-refractivity contribution is 0.0453. The Balaban J connectivity index is 1.97. The minimum atomic E-state index is -4.01. The fourth-order valence-corrected chi connectivity index (χ4v) is 4.54. The number of carbonyl (C=O) groups excluding carboxylic acids is 2. The summed E-state index contributed by atoms with van der Waals surface area (Å²) in [5, 5.41) is 5.29. The number of halogens is 1. The number of ether oxygens (including phenoxy) is 2. The molecule has 0 fully saturated rings. The molecule has 2 aromatic carbocycles. The van der Waals surface area contributed by atoms with Crippen molar-refractivity contribution >= 4 is 43.4 Å². The Morgan fingerprint density at radius 2 is 1.87 bits per heavy atom. The second-order valence-electron chi connectivity index (χ2n) is 6.34.